The van der Waals surface area contributed by atoms with Gasteiger partial charge in [0.15, 0.2) is 11.5 Å². The fourth-order valence-electron chi connectivity index (χ4n) is 5.26. The van der Waals surface area contributed by atoms with E-state index in [4.69, 9.17) is 9.47 Å². The first-order chi connectivity index (χ1) is 16.8. The Morgan fingerprint density at radius 2 is 1.80 bits per heavy atom. The van der Waals surface area contributed by atoms with Gasteiger partial charge in [0, 0.05) is 11.1 Å². The molecule has 5 rings (SSSR count). The van der Waals surface area contributed by atoms with Gasteiger partial charge in [0.05, 0.1) is 13.2 Å². The number of nitrogens with zero attached hydrogens (tertiary/aromatic N) is 1. The number of anilines is 1. The van der Waals surface area contributed by atoms with E-state index in [2.05, 4.69) is 61.3 Å². The Balaban J connectivity index is 1.45. The van der Waals surface area contributed by atoms with Crippen LogP contribution in [0.1, 0.15) is 43.0 Å². The molecule has 3 aromatic rings. The van der Waals surface area contributed by atoms with Gasteiger partial charge in [-0.1, -0.05) is 74.0 Å². The third kappa shape index (κ3) is 3.95. The van der Waals surface area contributed by atoms with Crippen LogP contribution in [0.25, 0.3) is 6.08 Å². The van der Waals surface area contributed by atoms with Gasteiger partial charge in [-0.05, 0) is 54.8 Å². The van der Waals surface area contributed by atoms with Gasteiger partial charge in [0.2, 0.25) is 5.91 Å². The van der Waals surface area contributed by atoms with Crippen molar-refractivity contribution in [3.63, 3.8) is 0 Å². The van der Waals surface area contributed by atoms with E-state index in [-0.39, 0.29) is 11.3 Å². The third-order valence-electron chi connectivity index (χ3n) is 7.15. The number of fused-ring (bicyclic) bond motifs is 3. The van der Waals surface area contributed by atoms with Crippen LogP contribution < -0.4 is 19.7 Å². The Kier molecular flexibility index (Phi) is 5.79. The maximum atomic E-state index is 12.6. The number of amides is 1. The van der Waals surface area contributed by atoms with Crippen LogP contribution in [0.2, 0.25) is 0 Å². The molecule has 0 saturated carbocycles. The largest absolute Gasteiger partial charge is 0.490 e. The Morgan fingerprint density at radius 1 is 1.00 bits per heavy atom. The van der Waals surface area contributed by atoms with Gasteiger partial charge in [-0.15, -0.1) is 0 Å². The number of hydrogen-bond donors (Lipinski definition) is 1. The van der Waals surface area contributed by atoms with Crippen molar-refractivity contribution in [2.24, 2.45) is 0 Å². The molecule has 1 saturated heterocycles. The highest BCUT2D eigenvalue weighted by molar-refractivity contribution is 5.91. The van der Waals surface area contributed by atoms with E-state index in [0.717, 1.165) is 16.8 Å². The van der Waals surface area contributed by atoms with Crippen LogP contribution in [0.5, 0.6) is 11.5 Å². The monoisotopic (exact) mass is 468 g/mol. The summed E-state index contributed by atoms with van der Waals surface area (Å²) in [5.41, 5.74) is 4.74. The van der Waals surface area contributed by atoms with Crippen molar-refractivity contribution in [2.75, 3.05) is 18.1 Å². The first kappa shape index (κ1) is 23.0. The number of ether oxygens (including phenoxy) is 2. The number of nitrogens with one attached hydrogen (secondary N) is 1. The van der Waals surface area contributed by atoms with Gasteiger partial charge in [-0.2, -0.15) is 0 Å². The lowest BCUT2D eigenvalue weighted by Crippen LogP contribution is -2.58. The highest BCUT2D eigenvalue weighted by Crippen LogP contribution is 2.53. The van der Waals surface area contributed by atoms with E-state index in [1.165, 1.54) is 11.1 Å². The number of hydrogen-bond acceptors (Lipinski definition) is 4. The average molecular weight is 469 g/mol. The van der Waals surface area contributed by atoms with Crippen LogP contribution in [-0.2, 0) is 16.8 Å². The molecule has 2 heterocycles. The lowest BCUT2D eigenvalue weighted by Gasteiger charge is -2.40. The summed E-state index contributed by atoms with van der Waals surface area (Å²) in [6.07, 6.45) is 4.20. The van der Waals surface area contributed by atoms with Crippen LogP contribution in [0.15, 0.2) is 72.8 Å². The topological polar surface area (TPSA) is 50.8 Å². The molecular formula is C30H32N2O3. The fraction of sp³-hybridized carbons (Fsp3) is 0.300. The van der Waals surface area contributed by atoms with Crippen molar-refractivity contribution in [3.05, 3.63) is 95.1 Å². The van der Waals surface area contributed by atoms with E-state index in [1.807, 2.05) is 55.5 Å². The lowest BCUT2D eigenvalue weighted by atomic mass is 9.75. The molecule has 0 radical (unpaired) electrons. The number of benzene rings is 3. The first-order valence-corrected chi connectivity index (χ1v) is 12.2. The third-order valence-corrected chi connectivity index (χ3v) is 7.15. The molecular weight excluding hydrogens is 436 g/mol. The van der Waals surface area contributed by atoms with Gasteiger partial charge in [-0.3, -0.25) is 4.79 Å². The average Bonchev–Trinajstić information content (AvgIpc) is 3.27. The summed E-state index contributed by atoms with van der Waals surface area (Å²) >= 11 is 0. The summed E-state index contributed by atoms with van der Waals surface area (Å²) in [5, 5.41) is 3.29. The maximum absolute atomic E-state index is 12.6. The smallest absolute Gasteiger partial charge is 0.241 e. The summed E-state index contributed by atoms with van der Waals surface area (Å²) in [6, 6.07) is 22.5. The number of carbonyl (C=O) groups is 1. The van der Waals surface area contributed by atoms with Crippen molar-refractivity contribution in [1.82, 2.24) is 5.32 Å². The molecule has 5 heteroatoms. The number of rotatable bonds is 7. The van der Waals surface area contributed by atoms with Gasteiger partial charge < -0.3 is 19.7 Å². The molecule has 1 amide bonds. The van der Waals surface area contributed by atoms with Crippen LogP contribution in [-0.4, -0.2) is 24.7 Å². The van der Waals surface area contributed by atoms with Crippen molar-refractivity contribution in [1.29, 1.82) is 0 Å². The molecule has 2 aliphatic heterocycles. The van der Waals surface area contributed by atoms with E-state index in [9.17, 15) is 4.79 Å². The van der Waals surface area contributed by atoms with Crippen LogP contribution in [0.4, 0.5) is 5.69 Å². The molecule has 1 N–H and O–H groups in total. The van der Waals surface area contributed by atoms with E-state index >= 15 is 0 Å². The number of carbonyl (C=O) groups excluding carboxylic acids is 1. The Labute approximate surface area is 207 Å². The standard InChI is InChI=1S/C30H32N2O3/c1-5-34-27-18-22(12-14-26(27)35-20-23-9-7-6-8-10-23)15-16-30-29(3,4)24-17-21(2)11-13-25(24)32(30)19-28(33)31-30/h6-18H,5,19-20H2,1-4H3,(H,31,33)/b16-15+/t30-/m0/s1. The van der Waals surface area contributed by atoms with Crippen LogP contribution in [0, 0.1) is 6.92 Å². The molecule has 35 heavy (non-hydrogen) atoms. The second-order valence-corrected chi connectivity index (χ2v) is 9.79. The molecule has 0 unspecified atom stereocenters. The summed E-state index contributed by atoms with van der Waals surface area (Å²) in [6.45, 7) is 9.85. The SMILES string of the molecule is CCOc1cc(/C=C/[C@]23NC(=O)CN2c2ccc(C)cc2C3(C)C)ccc1OCc1ccccc1. The molecule has 180 valence electrons. The Bertz CT molecular complexity index is 1280. The van der Waals surface area contributed by atoms with Crippen molar-refractivity contribution in [3.8, 4) is 11.5 Å². The normalized spacial score (nSPS) is 20.0. The predicted molar refractivity (Wildman–Crippen MR) is 140 cm³/mol. The van der Waals surface area contributed by atoms with Crippen molar-refractivity contribution >= 4 is 17.7 Å². The first-order valence-electron chi connectivity index (χ1n) is 12.2. The van der Waals surface area contributed by atoms with Gasteiger partial charge >= 0.3 is 0 Å². The van der Waals surface area contributed by atoms with E-state index in [1.54, 1.807) is 0 Å². The predicted octanol–water partition coefficient (Wildman–Crippen LogP) is 5.61. The minimum Gasteiger partial charge on any atom is -0.490 e. The van der Waals surface area contributed by atoms with Crippen molar-refractivity contribution < 1.29 is 14.3 Å². The molecule has 2 aliphatic rings. The minimum absolute atomic E-state index is 0.0358. The Morgan fingerprint density at radius 3 is 2.57 bits per heavy atom. The molecule has 0 aromatic heterocycles. The second-order valence-electron chi connectivity index (χ2n) is 9.79. The van der Waals surface area contributed by atoms with Gasteiger partial charge in [0.25, 0.3) is 0 Å². The molecule has 3 aromatic carbocycles. The molecule has 0 aliphatic carbocycles. The zero-order valence-corrected chi connectivity index (χ0v) is 20.8. The van der Waals surface area contributed by atoms with Crippen LogP contribution in [0.3, 0.4) is 0 Å². The van der Waals surface area contributed by atoms with E-state index in [0.29, 0.717) is 31.3 Å². The van der Waals surface area contributed by atoms with Crippen LogP contribution >= 0.6 is 0 Å². The van der Waals surface area contributed by atoms with E-state index < -0.39 is 5.66 Å². The molecule has 1 fully saturated rings. The van der Waals surface area contributed by atoms with Gasteiger partial charge in [0.1, 0.15) is 12.3 Å². The number of aryl methyl sites for hydroxylation is 1. The van der Waals surface area contributed by atoms with Gasteiger partial charge in [-0.25, -0.2) is 0 Å². The quantitative estimate of drug-likeness (QED) is 0.490. The minimum atomic E-state index is -0.630. The molecule has 5 nitrogen and oxygen atoms in total. The second kappa shape index (κ2) is 8.81. The highest BCUT2D eigenvalue weighted by Gasteiger charge is 2.59. The Hall–Kier alpha value is -3.73. The summed E-state index contributed by atoms with van der Waals surface area (Å²) in [7, 11) is 0. The highest BCUT2D eigenvalue weighted by atomic mass is 16.5. The summed E-state index contributed by atoms with van der Waals surface area (Å²) in [4.78, 5) is 14.8. The maximum Gasteiger partial charge on any atom is 0.241 e. The summed E-state index contributed by atoms with van der Waals surface area (Å²) in [5.74, 6) is 1.46. The molecule has 0 spiro atoms. The summed E-state index contributed by atoms with van der Waals surface area (Å²) < 4.78 is 12.0. The fourth-order valence-corrected chi connectivity index (χ4v) is 5.26. The van der Waals surface area contributed by atoms with Crippen molar-refractivity contribution in [2.45, 2.75) is 45.4 Å². The zero-order valence-electron chi connectivity index (χ0n) is 20.8. The zero-order chi connectivity index (χ0) is 24.6. The lowest BCUT2D eigenvalue weighted by molar-refractivity contribution is -0.118. The molecule has 1 atom stereocenters. The molecule has 0 bridgehead atoms.